The normalized spacial score (nSPS) is 15.4. The van der Waals surface area contributed by atoms with Crippen LogP contribution in [-0.2, 0) is 6.42 Å². The highest BCUT2D eigenvalue weighted by molar-refractivity contribution is 5.94. The van der Waals surface area contributed by atoms with Gasteiger partial charge in [0.2, 0.25) is 5.82 Å². The van der Waals surface area contributed by atoms with Crippen molar-refractivity contribution in [3.8, 4) is 11.5 Å². The summed E-state index contributed by atoms with van der Waals surface area (Å²) >= 11 is 0. The summed E-state index contributed by atoms with van der Waals surface area (Å²) in [4.78, 5) is 11.9. The van der Waals surface area contributed by atoms with Gasteiger partial charge in [-0.2, -0.15) is 0 Å². The summed E-state index contributed by atoms with van der Waals surface area (Å²) in [6.45, 7) is -0.185. The molecule has 1 unspecified atom stereocenters. The zero-order chi connectivity index (χ0) is 19.0. The van der Waals surface area contributed by atoms with Crippen molar-refractivity contribution in [1.29, 1.82) is 0 Å². The SMILES string of the molecule is COc1ccc2c(c1)CC(CNC(=O)c1c(F)c(F)c(F)c(F)c1F)O2. The number of methoxy groups -OCH3 is 1. The van der Waals surface area contributed by atoms with Gasteiger partial charge in [-0.3, -0.25) is 4.79 Å². The second-order valence-electron chi connectivity index (χ2n) is 5.57. The molecule has 0 spiro atoms. The summed E-state index contributed by atoms with van der Waals surface area (Å²) in [5, 5.41) is 2.13. The minimum absolute atomic E-state index is 0.185. The molecule has 1 aliphatic heterocycles. The molecule has 9 heteroatoms. The van der Waals surface area contributed by atoms with Crippen molar-refractivity contribution in [3.63, 3.8) is 0 Å². The van der Waals surface area contributed by atoms with Crippen LogP contribution in [0.4, 0.5) is 22.0 Å². The number of halogens is 5. The number of fused-ring (bicyclic) bond motifs is 1. The number of hydrogen-bond donors (Lipinski definition) is 1. The Hall–Kier alpha value is -2.84. The van der Waals surface area contributed by atoms with E-state index in [1.807, 2.05) is 0 Å². The lowest BCUT2D eigenvalue weighted by atomic mass is 10.1. The molecular weight excluding hydrogens is 361 g/mol. The molecule has 138 valence electrons. The smallest absolute Gasteiger partial charge is 0.257 e. The average Bonchev–Trinajstić information content (AvgIpc) is 3.05. The Morgan fingerprint density at radius 3 is 2.35 bits per heavy atom. The van der Waals surface area contributed by atoms with Crippen LogP contribution in [0.3, 0.4) is 0 Å². The van der Waals surface area contributed by atoms with Crippen LogP contribution in [0.1, 0.15) is 15.9 Å². The number of nitrogens with one attached hydrogen (secondary N) is 1. The molecule has 1 atom stereocenters. The average molecular weight is 373 g/mol. The lowest BCUT2D eigenvalue weighted by Gasteiger charge is -2.13. The third kappa shape index (κ3) is 3.04. The minimum atomic E-state index is -2.32. The van der Waals surface area contributed by atoms with Crippen LogP contribution < -0.4 is 14.8 Å². The van der Waals surface area contributed by atoms with Gasteiger partial charge in [-0.05, 0) is 18.2 Å². The lowest BCUT2D eigenvalue weighted by Crippen LogP contribution is -2.35. The van der Waals surface area contributed by atoms with E-state index in [2.05, 4.69) is 5.32 Å². The number of hydrogen-bond acceptors (Lipinski definition) is 3. The predicted molar refractivity (Wildman–Crippen MR) is 79.7 cm³/mol. The molecule has 0 radical (unpaired) electrons. The van der Waals surface area contributed by atoms with Gasteiger partial charge in [0.05, 0.1) is 13.7 Å². The Bertz CT molecular complexity index is 858. The van der Waals surface area contributed by atoms with E-state index in [-0.39, 0.29) is 6.54 Å². The van der Waals surface area contributed by atoms with Crippen LogP contribution in [0.5, 0.6) is 11.5 Å². The van der Waals surface area contributed by atoms with Crippen molar-refractivity contribution in [2.45, 2.75) is 12.5 Å². The fraction of sp³-hybridized carbons (Fsp3) is 0.235. The van der Waals surface area contributed by atoms with Gasteiger partial charge in [-0.15, -0.1) is 0 Å². The standard InChI is InChI=1S/C17H12F5NO3/c1-25-8-2-3-10-7(4-8)5-9(26-10)6-23-17(24)11-12(18)14(20)16(22)15(21)13(11)19/h2-4,9H,5-6H2,1H3,(H,23,24). The van der Waals surface area contributed by atoms with E-state index < -0.39 is 46.7 Å². The van der Waals surface area contributed by atoms with E-state index in [9.17, 15) is 26.7 Å². The van der Waals surface area contributed by atoms with E-state index >= 15 is 0 Å². The van der Waals surface area contributed by atoms with Gasteiger partial charge in [-0.1, -0.05) is 0 Å². The van der Waals surface area contributed by atoms with Crippen molar-refractivity contribution in [3.05, 3.63) is 58.4 Å². The first-order valence-electron chi connectivity index (χ1n) is 7.46. The van der Waals surface area contributed by atoms with Crippen LogP contribution in [0.15, 0.2) is 18.2 Å². The summed E-state index contributed by atoms with van der Waals surface area (Å²) in [6.07, 6.45) is -0.175. The molecule has 0 saturated heterocycles. The Labute approximate surface area is 144 Å². The molecule has 0 aromatic heterocycles. The Kier molecular flexibility index (Phi) is 4.71. The van der Waals surface area contributed by atoms with Crippen molar-refractivity contribution in [2.24, 2.45) is 0 Å². The van der Waals surface area contributed by atoms with Gasteiger partial charge in [-0.25, -0.2) is 22.0 Å². The maximum Gasteiger partial charge on any atom is 0.257 e. The molecule has 1 amide bonds. The van der Waals surface area contributed by atoms with E-state index in [0.29, 0.717) is 17.9 Å². The number of benzene rings is 2. The van der Waals surface area contributed by atoms with Crippen molar-refractivity contribution in [2.75, 3.05) is 13.7 Å². The van der Waals surface area contributed by atoms with Crippen LogP contribution in [0.2, 0.25) is 0 Å². The predicted octanol–water partition coefficient (Wildman–Crippen LogP) is 3.12. The van der Waals surface area contributed by atoms with Gasteiger partial charge < -0.3 is 14.8 Å². The lowest BCUT2D eigenvalue weighted by molar-refractivity contribution is 0.0921. The summed E-state index contributed by atoms with van der Waals surface area (Å²) < 4.78 is 77.3. The molecule has 1 N–H and O–H groups in total. The molecule has 2 aromatic carbocycles. The van der Waals surface area contributed by atoms with Crippen LogP contribution >= 0.6 is 0 Å². The molecule has 1 heterocycles. The quantitative estimate of drug-likeness (QED) is 0.509. The zero-order valence-corrected chi connectivity index (χ0v) is 13.3. The fourth-order valence-corrected chi connectivity index (χ4v) is 2.64. The fourth-order valence-electron chi connectivity index (χ4n) is 2.64. The van der Waals surface area contributed by atoms with Gasteiger partial charge in [0.1, 0.15) is 23.2 Å². The number of rotatable bonds is 4. The highest BCUT2D eigenvalue weighted by Crippen LogP contribution is 2.31. The van der Waals surface area contributed by atoms with E-state index in [0.717, 1.165) is 5.56 Å². The van der Waals surface area contributed by atoms with E-state index in [1.165, 1.54) is 7.11 Å². The number of carbonyl (C=O) groups excluding carboxylic acids is 1. The number of ether oxygens (including phenoxy) is 2. The van der Waals surface area contributed by atoms with Crippen LogP contribution in [0, 0.1) is 29.1 Å². The van der Waals surface area contributed by atoms with Crippen molar-refractivity contribution < 1.29 is 36.2 Å². The highest BCUT2D eigenvalue weighted by atomic mass is 19.2. The maximum atomic E-state index is 13.6. The first-order valence-corrected chi connectivity index (χ1v) is 7.46. The molecular formula is C17H12F5NO3. The minimum Gasteiger partial charge on any atom is -0.497 e. The van der Waals surface area contributed by atoms with Gasteiger partial charge in [0, 0.05) is 12.0 Å². The second kappa shape index (κ2) is 6.81. The van der Waals surface area contributed by atoms with E-state index in [1.54, 1.807) is 18.2 Å². The topological polar surface area (TPSA) is 47.6 Å². The molecule has 26 heavy (non-hydrogen) atoms. The second-order valence-corrected chi connectivity index (χ2v) is 5.57. The number of carbonyl (C=O) groups is 1. The first-order chi connectivity index (χ1) is 12.3. The van der Waals surface area contributed by atoms with Crippen LogP contribution in [0.25, 0.3) is 0 Å². The van der Waals surface area contributed by atoms with Gasteiger partial charge >= 0.3 is 0 Å². The highest BCUT2D eigenvalue weighted by Gasteiger charge is 2.31. The van der Waals surface area contributed by atoms with E-state index in [4.69, 9.17) is 9.47 Å². The largest absolute Gasteiger partial charge is 0.497 e. The monoisotopic (exact) mass is 373 g/mol. The summed E-state index contributed by atoms with van der Waals surface area (Å²) in [5.74, 6) is -11.3. The first kappa shape index (κ1) is 18.0. The molecule has 3 rings (SSSR count). The Morgan fingerprint density at radius 1 is 1.12 bits per heavy atom. The third-order valence-corrected chi connectivity index (χ3v) is 3.94. The molecule has 1 aliphatic rings. The molecule has 2 aromatic rings. The summed E-state index contributed by atoms with van der Waals surface area (Å²) in [6, 6.07) is 5.08. The zero-order valence-electron chi connectivity index (χ0n) is 13.3. The maximum absolute atomic E-state index is 13.6. The third-order valence-electron chi connectivity index (χ3n) is 3.94. The number of amides is 1. The van der Waals surface area contributed by atoms with Gasteiger partial charge in [0.15, 0.2) is 23.3 Å². The molecule has 0 saturated carbocycles. The van der Waals surface area contributed by atoms with Crippen molar-refractivity contribution in [1.82, 2.24) is 5.32 Å². The summed E-state index contributed by atoms with van der Waals surface area (Å²) in [7, 11) is 1.50. The van der Waals surface area contributed by atoms with Crippen molar-refractivity contribution >= 4 is 5.91 Å². The molecule has 0 bridgehead atoms. The summed E-state index contributed by atoms with van der Waals surface area (Å²) in [5.41, 5.74) is -0.724. The van der Waals surface area contributed by atoms with Gasteiger partial charge in [0.25, 0.3) is 5.91 Å². The van der Waals surface area contributed by atoms with Crippen LogP contribution in [-0.4, -0.2) is 25.7 Å². The molecule has 0 fully saturated rings. The molecule has 0 aliphatic carbocycles. The molecule has 4 nitrogen and oxygen atoms in total. The Morgan fingerprint density at radius 2 is 1.73 bits per heavy atom. The Balaban J connectivity index is 1.71.